The van der Waals surface area contributed by atoms with Crippen LogP contribution in [0.3, 0.4) is 0 Å². The molecule has 1 atom stereocenters. The van der Waals surface area contributed by atoms with Gasteiger partial charge in [-0.1, -0.05) is 86.3 Å². The lowest BCUT2D eigenvalue weighted by Crippen LogP contribution is -2.17. The van der Waals surface area contributed by atoms with Crippen LogP contribution in [-0.4, -0.2) is 40.9 Å². The molecule has 1 unspecified atom stereocenters. The molecule has 4 rings (SSSR count). The lowest BCUT2D eigenvalue weighted by Gasteiger charge is -2.11. The number of hydrogen-bond acceptors (Lipinski definition) is 6. The molecule has 0 fully saturated rings. The summed E-state index contributed by atoms with van der Waals surface area (Å²) in [5.74, 6) is 0.771. The van der Waals surface area contributed by atoms with Gasteiger partial charge in [0, 0.05) is 39.5 Å². The smallest absolute Gasteiger partial charge is 0.155 e. The number of halogens is 2. The van der Waals surface area contributed by atoms with Gasteiger partial charge in [0.2, 0.25) is 0 Å². The average molecular weight is 571 g/mol. The van der Waals surface area contributed by atoms with E-state index in [1.165, 1.54) is 12.8 Å². The Hall–Kier alpha value is -3.42. The number of unbranched alkanes of at least 4 members (excludes halogenated alkanes) is 1. The second kappa shape index (κ2) is 18.0. The standard InChI is InChI=1S/C22H21Cl2N5.C4H10.C3H7N.CH3N/c1-3-25-22-17(21(28-29-22)15-9-5-7-11-19(15)24)12-16-13(2)26-27-20(16)14-8-4-6-10-18(14)23;1-3-4-2;1-3(2)4;1-2/h4-13,26H,3H2,1-2H3,(H2,25,28,29);3-4H2,1-2H3;4H,1-2H3;2H,1H2/b16-12+;;;. The van der Waals surface area contributed by atoms with E-state index in [1.54, 1.807) is 13.8 Å². The zero-order valence-electron chi connectivity index (χ0n) is 23.8. The Kier molecular flexibility index (Phi) is 15.5. The van der Waals surface area contributed by atoms with Crippen molar-refractivity contribution in [2.75, 3.05) is 11.9 Å². The van der Waals surface area contributed by atoms with E-state index in [0.717, 1.165) is 46.0 Å². The fraction of sp³-hybridized carbons (Fsp3) is 0.333. The van der Waals surface area contributed by atoms with Crippen molar-refractivity contribution in [3.05, 3.63) is 75.3 Å². The van der Waals surface area contributed by atoms with E-state index >= 15 is 0 Å². The monoisotopic (exact) mass is 569 g/mol. The third-order valence-corrected chi connectivity index (χ3v) is 5.99. The van der Waals surface area contributed by atoms with Gasteiger partial charge in [0.05, 0.1) is 22.5 Å². The summed E-state index contributed by atoms with van der Waals surface area (Å²) in [6.45, 7) is 15.2. The van der Waals surface area contributed by atoms with E-state index in [4.69, 9.17) is 34.0 Å². The summed E-state index contributed by atoms with van der Waals surface area (Å²) in [4.78, 5) is 0. The summed E-state index contributed by atoms with van der Waals surface area (Å²) in [5, 5.41) is 28.8. The summed E-state index contributed by atoms with van der Waals surface area (Å²) < 4.78 is 0. The average Bonchev–Trinajstić information content (AvgIpc) is 3.49. The van der Waals surface area contributed by atoms with Gasteiger partial charge < -0.3 is 21.6 Å². The fourth-order valence-corrected chi connectivity index (χ4v) is 3.84. The van der Waals surface area contributed by atoms with Crippen molar-refractivity contribution in [1.29, 1.82) is 10.8 Å². The molecule has 9 heteroatoms. The van der Waals surface area contributed by atoms with Gasteiger partial charge in [0.15, 0.2) is 5.82 Å². The number of hydrazone groups is 1. The SMILES string of the molecule is C=N.CC(C)=N.CCCC.CCNc1n[nH]c(-c2ccccc2Cl)c1/C=C1/C(c2ccccc2Cl)=NNC1C. The van der Waals surface area contributed by atoms with Gasteiger partial charge in [-0.15, -0.1) is 0 Å². The minimum absolute atomic E-state index is 0.0322. The first-order valence-corrected chi connectivity index (χ1v) is 13.7. The van der Waals surface area contributed by atoms with Crippen molar-refractivity contribution in [2.24, 2.45) is 5.10 Å². The Balaban J connectivity index is 0.000000663. The molecule has 0 saturated carbocycles. The quantitative estimate of drug-likeness (QED) is 0.191. The molecule has 7 nitrogen and oxygen atoms in total. The molecule has 1 aromatic heterocycles. The van der Waals surface area contributed by atoms with Gasteiger partial charge in [0.1, 0.15) is 0 Å². The van der Waals surface area contributed by atoms with Crippen LogP contribution in [-0.2, 0) is 0 Å². The number of hydrogen-bond donors (Lipinski definition) is 5. The topological polar surface area (TPSA) is 113 Å². The molecule has 0 saturated heterocycles. The molecule has 3 aromatic rings. The second-order valence-corrected chi connectivity index (χ2v) is 9.58. The highest BCUT2D eigenvalue weighted by Gasteiger charge is 2.26. The molecule has 0 radical (unpaired) electrons. The first kappa shape index (κ1) is 33.6. The van der Waals surface area contributed by atoms with Gasteiger partial charge in [-0.25, -0.2) is 0 Å². The van der Waals surface area contributed by atoms with Crippen LogP contribution in [0.15, 0.2) is 59.2 Å². The first-order chi connectivity index (χ1) is 18.7. The largest absolute Gasteiger partial charge is 0.368 e. The Morgan fingerprint density at radius 2 is 1.49 bits per heavy atom. The maximum Gasteiger partial charge on any atom is 0.155 e. The number of aromatic nitrogens is 2. The molecule has 1 aliphatic heterocycles. The minimum atomic E-state index is 0.0322. The van der Waals surface area contributed by atoms with Crippen molar-refractivity contribution in [3.8, 4) is 11.3 Å². The number of aromatic amines is 1. The van der Waals surface area contributed by atoms with Crippen LogP contribution in [0.25, 0.3) is 17.3 Å². The van der Waals surface area contributed by atoms with E-state index in [1.807, 2.05) is 55.5 Å². The lowest BCUT2D eigenvalue weighted by atomic mass is 9.95. The molecule has 2 heterocycles. The predicted octanol–water partition coefficient (Wildman–Crippen LogP) is 8.71. The Labute approximate surface area is 243 Å². The van der Waals surface area contributed by atoms with Gasteiger partial charge in [-0.05, 0) is 52.6 Å². The summed E-state index contributed by atoms with van der Waals surface area (Å²) in [6.07, 6.45) is 4.74. The van der Waals surface area contributed by atoms with Crippen LogP contribution in [0.1, 0.15) is 65.5 Å². The van der Waals surface area contributed by atoms with Crippen LogP contribution in [0.5, 0.6) is 0 Å². The lowest BCUT2D eigenvalue weighted by molar-refractivity contribution is 0.694. The van der Waals surface area contributed by atoms with Crippen molar-refractivity contribution >= 4 is 53.2 Å². The number of anilines is 1. The van der Waals surface area contributed by atoms with Gasteiger partial charge in [0.25, 0.3) is 0 Å². The minimum Gasteiger partial charge on any atom is -0.368 e. The first-order valence-electron chi connectivity index (χ1n) is 13.0. The van der Waals surface area contributed by atoms with Crippen LogP contribution in [0.4, 0.5) is 5.82 Å². The summed E-state index contributed by atoms with van der Waals surface area (Å²) in [5.41, 5.74) is 9.28. The number of H-pyrrole nitrogens is 1. The third-order valence-electron chi connectivity index (χ3n) is 5.33. The molecule has 2 aromatic carbocycles. The van der Waals surface area contributed by atoms with Crippen LogP contribution < -0.4 is 10.7 Å². The maximum absolute atomic E-state index is 6.50. The van der Waals surface area contributed by atoms with Crippen LogP contribution in [0, 0.1) is 10.8 Å². The molecule has 0 amide bonds. The molecule has 0 spiro atoms. The Morgan fingerprint density at radius 1 is 0.974 bits per heavy atom. The summed E-state index contributed by atoms with van der Waals surface area (Å²) in [7, 11) is 0. The predicted molar refractivity (Wildman–Crippen MR) is 171 cm³/mol. The molecule has 1 aliphatic rings. The number of nitrogens with one attached hydrogen (secondary N) is 5. The van der Waals surface area contributed by atoms with Crippen LogP contribution >= 0.6 is 23.2 Å². The van der Waals surface area contributed by atoms with Crippen LogP contribution in [0.2, 0.25) is 10.0 Å². The Morgan fingerprint density at radius 3 is 1.97 bits per heavy atom. The van der Waals surface area contributed by atoms with Crippen molar-refractivity contribution < 1.29 is 0 Å². The Bertz CT molecular complexity index is 1240. The zero-order valence-corrected chi connectivity index (χ0v) is 25.3. The zero-order chi connectivity index (χ0) is 29.4. The number of benzene rings is 2. The fourth-order valence-electron chi connectivity index (χ4n) is 3.38. The van der Waals surface area contributed by atoms with Gasteiger partial charge in [-0.3, -0.25) is 5.10 Å². The molecule has 0 aliphatic carbocycles. The molecular formula is C30H41Cl2N7. The second-order valence-electron chi connectivity index (χ2n) is 8.76. The molecule has 210 valence electrons. The molecule has 0 bridgehead atoms. The number of nitrogens with zero attached hydrogens (tertiary/aromatic N) is 2. The molecule has 39 heavy (non-hydrogen) atoms. The van der Waals surface area contributed by atoms with E-state index < -0.39 is 0 Å². The highest BCUT2D eigenvalue weighted by Crippen LogP contribution is 2.35. The normalized spacial score (nSPS) is 14.4. The van der Waals surface area contributed by atoms with Crippen molar-refractivity contribution in [1.82, 2.24) is 15.6 Å². The van der Waals surface area contributed by atoms with Crippen molar-refractivity contribution in [3.63, 3.8) is 0 Å². The number of rotatable bonds is 6. The highest BCUT2D eigenvalue weighted by molar-refractivity contribution is 6.36. The molecule has 5 N–H and O–H groups in total. The summed E-state index contributed by atoms with van der Waals surface area (Å²) >= 11 is 12.9. The maximum atomic E-state index is 6.50. The van der Waals surface area contributed by atoms with Gasteiger partial charge >= 0.3 is 0 Å². The van der Waals surface area contributed by atoms with Gasteiger partial charge in [-0.2, -0.15) is 10.2 Å². The highest BCUT2D eigenvalue weighted by atomic mass is 35.5. The van der Waals surface area contributed by atoms with E-state index in [9.17, 15) is 0 Å². The third kappa shape index (κ3) is 10.0. The van der Waals surface area contributed by atoms with Crippen molar-refractivity contribution in [2.45, 2.75) is 60.4 Å². The summed E-state index contributed by atoms with van der Waals surface area (Å²) in [6, 6.07) is 15.5. The van der Waals surface area contributed by atoms with E-state index in [0.29, 0.717) is 15.8 Å². The van der Waals surface area contributed by atoms with E-state index in [-0.39, 0.29) is 6.04 Å². The molecular weight excluding hydrogens is 529 g/mol. The van der Waals surface area contributed by atoms with E-state index in [2.05, 4.69) is 59.6 Å².